The van der Waals surface area contributed by atoms with Gasteiger partial charge in [0, 0.05) is 23.7 Å². The molecule has 1 atom stereocenters. The third kappa shape index (κ3) is 5.25. The molecule has 0 saturated carbocycles. The fourth-order valence-corrected chi connectivity index (χ4v) is 1.87. The summed E-state index contributed by atoms with van der Waals surface area (Å²) in [5, 5.41) is 3.26. The van der Waals surface area contributed by atoms with Crippen molar-refractivity contribution in [3.8, 4) is 0 Å². The molecule has 4 heteroatoms. The first-order valence-corrected chi connectivity index (χ1v) is 6.80. The lowest BCUT2D eigenvalue weighted by Crippen LogP contribution is -2.30. The molecule has 0 fully saturated rings. The van der Waals surface area contributed by atoms with Crippen LogP contribution < -0.4 is 5.32 Å². The average molecular weight is 270 g/mol. The van der Waals surface area contributed by atoms with Gasteiger partial charge >= 0.3 is 0 Å². The van der Waals surface area contributed by atoms with Crippen molar-refractivity contribution in [3.63, 3.8) is 0 Å². The molecule has 0 aliphatic carbocycles. The van der Waals surface area contributed by atoms with E-state index in [1.807, 2.05) is 6.92 Å². The Bertz CT molecular complexity index is 394. The van der Waals surface area contributed by atoms with Crippen molar-refractivity contribution < 1.29 is 8.78 Å². The fraction of sp³-hybridized carbons (Fsp3) is 0.600. The molecule has 2 nitrogen and oxygen atoms in total. The quantitative estimate of drug-likeness (QED) is 0.764. The predicted octanol–water partition coefficient (Wildman–Crippen LogP) is 3.35. The van der Waals surface area contributed by atoms with Crippen molar-refractivity contribution in [2.45, 2.75) is 39.3 Å². The van der Waals surface area contributed by atoms with Gasteiger partial charge in [-0.1, -0.05) is 6.07 Å². The van der Waals surface area contributed by atoms with E-state index in [-0.39, 0.29) is 6.04 Å². The summed E-state index contributed by atoms with van der Waals surface area (Å²) in [5.41, 5.74) is 0.513. The van der Waals surface area contributed by atoms with E-state index in [0.717, 1.165) is 25.6 Å². The van der Waals surface area contributed by atoms with E-state index in [1.54, 1.807) is 0 Å². The summed E-state index contributed by atoms with van der Waals surface area (Å²) < 4.78 is 26.4. The van der Waals surface area contributed by atoms with Gasteiger partial charge in [-0.15, -0.1) is 0 Å². The van der Waals surface area contributed by atoms with Crippen molar-refractivity contribution in [3.05, 3.63) is 35.4 Å². The normalized spacial score (nSPS) is 13.3. The van der Waals surface area contributed by atoms with Crippen LogP contribution in [0, 0.1) is 11.6 Å². The molecule has 0 bridgehead atoms. The van der Waals surface area contributed by atoms with Gasteiger partial charge in [0.2, 0.25) is 0 Å². The lowest BCUT2D eigenvalue weighted by atomic mass is 10.1. The SMILES string of the molecule is CC(NCCCN(C)C(C)C)c1ccc(F)cc1F. The molecular weight excluding hydrogens is 246 g/mol. The van der Waals surface area contributed by atoms with Gasteiger partial charge in [-0.3, -0.25) is 0 Å². The Morgan fingerprint density at radius 3 is 2.47 bits per heavy atom. The molecule has 19 heavy (non-hydrogen) atoms. The maximum Gasteiger partial charge on any atom is 0.130 e. The first kappa shape index (κ1) is 16.1. The molecule has 1 aromatic carbocycles. The van der Waals surface area contributed by atoms with Gasteiger partial charge < -0.3 is 10.2 Å². The highest BCUT2D eigenvalue weighted by atomic mass is 19.1. The van der Waals surface area contributed by atoms with Crippen LogP contribution in [0.1, 0.15) is 38.8 Å². The molecule has 0 heterocycles. The Morgan fingerprint density at radius 2 is 1.89 bits per heavy atom. The Hall–Kier alpha value is -1.00. The minimum absolute atomic E-state index is 0.107. The highest BCUT2D eigenvalue weighted by molar-refractivity contribution is 5.21. The molecular formula is C15H24F2N2. The van der Waals surface area contributed by atoms with Crippen LogP contribution in [0.4, 0.5) is 8.78 Å². The predicted molar refractivity (Wildman–Crippen MR) is 75.2 cm³/mol. The smallest absolute Gasteiger partial charge is 0.130 e. The molecule has 1 rings (SSSR count). The van der Waals surface area contributed by atoms with Crippen LogP contribution in [0.25, 0.3) is 0 Å². The lowest BCUT2D eigenvalue weighted by molar-refractivity contribution is 0.268. The monoisotopic (exact) mass is 270 g/mol. The summed E-state index contributed by atoms with van der Waals surface area (Å²) in [4.78, 5) is 2.27. The van der Waals surface area contributed by atoms with Gasteiger partial charge in [0.25, 0.3) is 0 Å². The van der Waals surface area contributed by atoms with Crippen molar-refractivity contribution in [2.24, 2.45) is 0 Å². The summed E-state index contributed by atoms with van der Waals surface area (Å²) in [6.45, 7) is 8.02. The van der Waals surface area contributed by atoms with Crippen LogP contribution in [0.5, 0.6) is 0 Å². The van der Waals surface area contributed by atoms with E-state index in [2.05, 4.69) is 31.1 Å². The van der Waals surface area contributed by atoms with Crippen molar-refractivity contribution in [1.29, 1.82) is 0 Å². The fourth-order valence-electron chi connectivity index (χ4n) is 1.87. The first-order valence-electron chi connectivity index (χ1n) is 6.80. The van der Waals surface area contributed by atoms with Crippen molar-refractivity contribution in [1.82, 2.24) is 10.2 Å². The summed E-state index contributed by atoms with van der Waals surface area (Å²) in [7, 11) is 2.09. The number of hydrogen-bond donors (Lipinski definition) is 1. The van der Waals surface area contributed by atoms with Crippen molar-refractivity contribution >= 4 is 0 Å². The summed E-state index contributed by atoms with van der Waals surface area (Å²) in [6, 6.07) is 4.16. The van der Waals surface area contributed by atoms with E-state index in [0.29, 0.717) is 11.6 Å². The summed E-state index contributed by atoms with van der Waals surface area (Å²) in [6.07, 6.45) is 1.00. The number of nitrogens with zero attached hydrogens (tertiary/aromatic N) is 1. The molecule has 0 aromatic heterocycles. The number of nitrogens with one attached hydrogen (secondary N) is 1. The number of halogens is 2. The maximum absolute atomic E-state index is 13.6. The standard InChI is InChI=1S/C15H24F2N2/c1-11(2)19(4)9-5-8-18-12(3)14-7-6-13(16)10-15(14)17/h6-7,10-12,18H,5,8-9H2,1-4H3. The second-order valence-corrected chi connectivity index (χ2v) is 5.27. The molecule has 1 unspecified atom stereocenters. The molecule has 0 aliphatic rings. The third-order valence-corrected chi connectivity index (χ3v) is 3.45. The molecule has 1 aromatic rings. The summed E-state index contributed by atoms with van der Waals surface area (Å²) in [5.74, 6) is -1.02. The Kier molecular flexibility index (Phi) is 6.38. The Balaban J connectivity index is 2.37. The van der Waals surface area contributed by atoms with Crippen LogP contribution >= 0.6 is 0 Å². The van der Waals surface area contributed by atoms with Crippen LogP contribution in [0.2, 0.25) is 0 Å². The minimum atomic E-state index is -0.535. The van der Waals surface area contributed by atoms with Gasteiger partial charge in [0.15, 0.2) is 0 Å². The Morgan fingerprint density at radius 1 is 1.21 bits per heavy atom. The van der Waals surface area contributed by atoms with Crippen LogP contribution in [0.3, 0.4) is 0 Å². The summed E-state index contributed by atoms with van der Waals surface area (Å²) >= 11 is 0. The first-order chi connectivity index (χ1) is 8.91. The maximum atomic E-state index is 13.6. The van der Waals surface area contributed by atoms with E-state index in [1.165, 1.54) is 12.1 Å². The van der Waals surface area contributed by atoms with E-state index in [4.69, 9.17) is 0 Å². The third-order valence-electron chi connectivity index (χ3n) is 3.45. The zero-order valence-corrected chi connectivity index (χ0v) is 12.2. The minimum Gasteiger partial charge on any atom is -0.310 e. The van der Waals surface area contributed by atoms with Gasteiger partial charge in [-0.2, -0.15) is 0 Å². The van der Waals surface area contributed by atoms with Crippen molar-refractivity contribution in [2.75, 3.05) is 20.1 Å². The van der Waals surface area contributed by atoms with Gasteiger partial charge in [-0.25, -0.2) is 8.78 Å². The molecule has 1 N–H and O–H groups in total. The highest BCUT2D eigenvalue weighted by Gasteiger charge is 2.11. The van der Waals surface area contributed by atoms with Crippen LogP contribution in [-0.4, -0.2) is 31.1 Å². The topological polar surface area (TPSA) is 15.3 Å². The van der Waals surface area contributed by atoms with E-state index < -0.39 is 11.6 Å². The molecule has 0 saturated heterocycles. The highest BCUT2D eigenvalue weighted by Crippen LogP contribution is 2.17. The van der Waals surface area contributed by atoms with E-state index >= 15 is 0 Å². The Labute approximate surface area is 114 Å². The second-order valence-electron chi connectivity index (χ2n) is 5.27. The number of rotatable bonds is 7. The van der Waals surface area contributed by atoms with Gasteiger partial charge in [0.05, 0.1) is 0 Å². The lowest BCUT2D eigenvalue weighted by Gasteiger charge is -2.21. The molecule has 0 aliphatic heterocycles. The van der Waals surface area contributed by atoms with Gasteiger partial charge in [-0.05, 0) is 53.4 Å². The van der Waals surface area contributed by atoms with Crippen LogP contribution in [-0.2, 0) is 0 Å². The van der Waals surface area contributed by atoms with E-state index in [9.17, 15) is 8.78 Å². The number of hydrogen-bond acceptors (Lipinski definition) is 2. The van der Waals surface area contributed by atoms with Crippen LogP contribution in [0.15, 0.2) is 18.2 Å². The zero-order valence-electron chi connectivity index (χ0n) is 12.2. The molecule has 0 spiro atoms. The molecule has 108 valence electrons. The zero-order chi connectivity index (χ0) is 14.4. The molecule has 0 radical (unpaired) electrons. The second kappa shape index (κ2) is 7.56. The number of benzene rings is 1. The van der Waals surface area contributed by atoms with Gasteiger partial charge in [0.1, 0.15) is 11.6 Å². The largest absolute Gasteiger partial charge is 0.310 e. The molecule has 0 amide bonds. The average Bonchev–Trinajstić information content (AvgIpc) is 2.33.